The Labute approximate surface area is 132 Å². The Balaban J connectivity index is 2.62. The van der Waals surface area contributed by atoms with Crippen molar-refractivity contribution in [3.8, 4) is 11.5 Å². The molecule has 0 spiro atoms. The molecular weight excluding hydrogens is 319 g/mol. The molecule has 0 aliphatic rings. The van der Waals surface area contributed by atoms with Crippen LogP contribution in [-0.4, -0.2) is 44.0 Å². The van der Waals surface area contributed by atoms with E-state index in [2.05, 4.69) is 10.6 Å². The molecule has 0 saturated carbocycles. The minimum Gasteiger partial charge on any atom is -0.496 e. The maximum absolute atomic E-state index is 12.1. The van der Waals surface area contributed by atoms with Crippen LogP contribution in [0.3, 0.4) is 0 Å². The highest BCUT2D eigenvalue weighted by atomic mass is 35.5. The fourth-order valence-electron chi connectivity index (χ4n) is 1.60. The number of benzene rings is 1. The van der Waals surface area contributed by atoms with Gasteiger partial charge in [0.2, 0.25) is 0 Å². The van der Waals surface area contributed by atoms with Gasteiger partial charge in [-0.05, 0) is 12.1 Å². The van der Waals surface area contributed by atoms with Crippen LogP contribution >= 0.6 is 23.2 Å². The van der Waals surface area contributed by atoms with Crippen LogP contribution in [0.1, 0.15) is 10.4 Å². The average Bonchev–Trinajstić information content (AvgIpc) is 2.49. The summed E-state index contributed by atoms with van der Waals surface area (Å²) in [6.07, 6.45) is 0. The summed E-state index contributed by atoms with van der Waals surface area (Å²) >= 11 is 10.8. The van der Waals surface area contributed by atoms with Crippen LogP contribution in [0, 0.1) is 0 Å². The van der Waals surface area contributed by atoms with Gasteiger partial charge in [-0.3, -0.25) is 9.59 Å². The first-order chi connectivity index (χ1) is 10.0. The Morgan fingerprint density at radius 2 is 1.62 bits per heavy atom. The Hall–Kier alpha value is -1.66. The van der Waals surface area contributed by atoms with Crippen molar-refractivity contribution in [2.45, 2.75) is 4.84 Å². The zero-order chi connectivity index (χ0) is 15.8. The minimum atomic E-state index is -1.13. The first-order valence-electron chi connectivity index (χ1n) is 6.06. The Bertz CT molecular complexity index is 487. The third-order valence-electron chi connectivity index (χ3n) is 2.56. The van der Waals surface area contributed by atoms with Crippen molar-refractivity contribution in [2.24, 2.45) is 0 Å². The molecule has 6 nitrogen and oxygen atoms in total. The number of rotatable bonds is 7. The van der Waals surface area contributed by atoms with E-state index in [1.165, 1.54) is 14.2 Å². The molecule has 21 heavy (non-hydrogen) atoms. The molecule has 0 heterocycles. The van der Waals surface area contributed by atoms with Gasteiger partial charge < -0.3 is 20.1 Å². The molecule has 0 fully saturated rings. The molecule has 0 bridgehead atoms. The van der Waals surface area contributed by atoms with Gasteiger partial charge in [-0.1, -0.05) is 29.3 Å². The number of halogens is 2. The van der Waals surface area contributed by atoms with Gasteiger partial charge in [-0.2, -0.15) is 0 Å². The predicted octanol–water partition coefficient (Wildman–Crippen LogP) is 1.35. The number of hydrogen-bond donors (Lipinski definition) is 2. The number of carbonyl (C=O) groups excluding carboxylic acids is 2. The van der Waals surface area contributed by atoms with E-state index in [0.29, 0.717) is 17.1 Å². The lowest BCUT2D eigenvalue weighted by Gasteiger charge is -2.13. The third kappa shape index (κ3) is 4.99. The number of hydrogen-bond acceptors (Lipinski definition) is 4. The molecule has 2 N–H and O–H groups in total. The van der Waals surface area contributed by atoms with Crippen molar-refractivity contribution in [1.29, 1.82) is 0 Å². The highest BCUT2D eigenvalue weighted by Gasteiger charge is 2.17. The van der Waals surface area contributed by atoms with Crippen molar-refractivity contribution in [3.05, 3.63) is 23.8 Å². The van der Waals surface area contributed by atoms with Crippen molar-refractivity contribution in [3.63, 3.8) is 0 Å². The summed E-state index contributed by atoms with van der Waals surface area (Å²) < 4.78 is 10.3. The van der Waals surface area contributed by atoms with Gasteiger partial charge in [-0.25, -0.2) is 0 Å². The number of alkyl halides is 2. The van der Waals surface area contributed by atoms with E-state index in [-0.39, 0.29) is 19.0 Å². The Morgan fingerprint density at radius 1 is 1.10 bits per heavy atom. The Kier molecular flexibility index (Phi) is 7.11. The first kappa shape index (κ1) is 17.4. The zero-order valence-electron chi connectivity index (χ0n) is 11.6. The average molecular weight is 335 g/mol. The van der Waals surface area contributed by atoms with Crippen molar-refractivity contribution in [2.75, 3.05) is 27.3 Å². The molecular formula is C13H16Cl2N2O4. The summed E-state index contributed by atoms with van der Waals surface area (Å²) in [5, 5.41) is 5.11. The molecule has 0 aliphatic carbocycles. The second kappa shape index (κ2) is 8.59. The quantitative estimate of drug-likeness (QED) is 0.583. The van der Waals surface area contributed by atoms with E-state index in [4.69, 9.17) is 32.7 Å². The highest BCUT2D eigenvalue weighted by Crippen LogP contribution is 2.27. The van der Waals surface area contributed by atoms with Gasteiger partial charge in [-0.15, -0.1) is 0 Å². The maximum Gasteiger partial charge on any atom is 0.258 e. The van der Waals surface area contributed by atoms with Crippen LogP contribution in [0.2, 0.25) is 0 Å². The number of nitrogens with one attached hydrogen (secondary N) is 2. The number of ether oxygens (including phenoxy) is 2. The topological polar surface area (TPSA) is 76.7 Å². The Morgan fingerprint density at radius 3 is 2.10 bits per heavy atom. The number of methoxy groups -OCH3 is 2. The normalized spacial score (nSPS) is 10.1. The van der Waals surface area contributed by atoms with Crippen LogP contribution < -0.4 is 20.1 Å². The second-order valence-corrected chi connectivity index (χ2v) is 4.98. The maximum atomic E-state index is 12.1. The molecule has 2 amide bonds. The van der Waals surface area contributed by atoms with E-state index in [1.807, 2.05) is 0 Å². The monoisotopic (exact) mass is 334 g/mol. The summed E-state index contributed by atoms with van der Waals surface area (Å²) in [4.78, 5) is 22.1. The summed E-state index contributed by atoms with van der Waals surface area (Å²) in [5.74, 6) is -0.0794. The smallest absolute Gasteiger partial charge is 0.258 e. The van der Waals surface area contributed by atoms with Crippen LogP contribution in [0.5, 0.6) is 11.5 Å². The molecule has 1 aromatic carbocycles. The molecule has 0 radical (unpaired) electrons. The lowest BCUT2D eigenvalue weighted by molar-refractivity contribution is -0.119. The minimum absolute atomic E-state index is 0.206. The van der Waals surface area contributed by atoms with E-state index in [0.717, 1.165) is 0 Å². The van der Waals surface area contributed by atoms with Crippen LogP contribution in [-0.2, 0) is 4.79 Å². The highest BCUT2D eigenvalue weighted by molar-refractivity contribution is 6.53. The molecule has 116 valence electrons. The van der Waals surface area contributed by atoms with Gasteiger partial charge in [0, 0.05) is 13.1 Å². The lowest BCUT2D eigenvalue weighted by Crippen LogP contribution is -2.36. The fourth-order valence-corrected chi connectivity index (χ4v) is 1.76. The van der Waals surface area contributed by atoms with Crippen LogP contribution in [0.25, 0.3) is 0 Å². The molecule has 1 aromatic rings. The molecule has 8 heteroatoms. The SMILES string of the molecule is COc1cccc(OC)c1C(=O)NCCNC(=O)C(Cl)Cl. The molecule has 0 atom stereocenters. The summed E-state index contributed by atoms with van der Waals surface area (Å²) in [7, 11) is 2.93. The molecule has 0 saturated heterocycles. The second-order valence-electron chi connectivity index (χ2n) is 3.89. The van der Waals surface area contributed by atoms with Crippen molar-refractivity contribution >= 4 is 35.0 Å². The van der Waals surface area contributed by atoms with Crippen LogP contribution in [0.4, 0.5) is 0 Å². The molecule has 0 aromatic heterocycles. The fraction of sp³-hybridized carbons (Fsp3) is 0.385. The molecule has 0 aliphatic heterocycles. The standard InChI is InChI=1S/C13H16Cl2N2O4/c1-20-8-4-3-5-9(21-2)10(8)12(18)16-6-7-17-13(19)11(14)15/h3-5,11H,6-7H2,1-2H3,(H,16,18)(H,17,19). The molecule has 0 unspecified atom stereocenters. The van der Waals surface area contributed by atoms with Crippen LogP contribution in [0.15, 0.2) is 18.2 Å². The number of carbonyl (C=O) groups is 2. The summed E-state index contributed by atoms with van der Waals surface area (Å²) in [6, 6.07) is 5.03. The first-order valence-corrected chi connectivity index (χ1v) is 6.93. The molecule has 1 rings (SSSR count). The van der Waals surface area contributed by atoms with Gasteiger partial charge in [0.1, 0.15) is 17.1 Å². The van der Waals surface area contributed by atoms with E-state index < -0.39 is 10.7 Å². The van der Waals surface area contributed by atoms with Gasteiger partial charge >= 0.3 is 0 Å². The summed E-state index contributed by atoms with van der Waals surface area (Å²) in [6.45, 7) is 0.421. The predicted molar refractivity (Wildman–Crippen MR) is 80.4 cm³/mol. The van der Waals surface area contributed by atoms with E-state index in [1.54, 1.807) is 18.2 Å². The largest absolute Gasteiger partial charge is 0.496 e. The zero-order valence-corrected chi connectivity index (χ0v) is 13.1. The van der Waals surface area contributed by atoms with Crippen molar-refractivity contribution in [1.82, 2.24) is 10.6 Å². The summed E-state index contributed by atoms with van der Waals surface area (Å²) in [5.41, 5.74) is 0.293. The number of amides is 2. The lowest BCUT2D eigenvalue weighted by atomic mass is 10.1. The van der Waals surface area contributed by atoms with Crippen molar-refractivity contribution < 1.29 is 19.1 Å². The van der Waals surface area contributed by atoms with E-state index >= 15 is 0 Å². The van der Waals surface area contributed by atoms with Gasteiger partial charge in [0.15, 0.2) is 4.84 Å². The van der Waals surface area contributed by atoms with E-state index in [9.17, 15) is 9.59 Å². The van der Waals surface area contributed by atoms with Gasteiger partial charge in [0.05, 0.1) is 14.2 Å². The van der Waals surface area contributed by atoms with Gasteiger partial charge in [0.25, 0.3) is 11.8 Å². The third-order valence-corrected chi connectivity index (χ3v) is 2.96.